The number of nitrogens with one attached hydrogen (secondary N) is 4. The van der Waals surface area contributed by atoms with Gasteiger partial charge < -0.3 is 43.4 Å². The molecule has 0 saturated carbocycles. The van der Waals surface area contributed by atoms with E-state index in [0.717, 1.165) is 30.4 Å². The number of rotatable bonds is 23. The van der Waals surface area contributed by atoms with Gasteiger partial charge in [-0.25, -0.2) is 0 Å². The van der Waals surface area contributed by atoms with E-state index in [1.165, 1.54) is 24.3 Å². The Morgan fingerprint density at radius 1 is 0.750 bits per heavy atom. The van der Waals surface area contributed by atoms with Crippen LogP contribution in [0.3, 0.4) is 0 Å². The lowest BCUT2D eigenvalue weighted by Crippen LogP contribution is -2.57. The molecule has 1 fully saturated rings. The van der Waals surface area contributed by atoms with Gasteiger partial charge in [-0.3, -0.25) is 33.6 Å². The van der Waals surface area contributed by atoms with Crippen molar-refractivity contribution >= 4 is 41.2 Å². The molecule has 2 aromatic carbocycles. The molecule has 0 aliphatic carbocycles. The van der Waals surface area contributed by atoms with E-state index in [4.69, 9.17) is 17.2 Å². The standard InChI is InChI=1S/C41H60N8O7/c1-5-6-11-28-14-16-29(17-15-28)30-18-20-31(21-19-30)38(53)46-33(13-8-10-23-43)40(55)47-32(12-7-9-22-42)39(54)45-26(3)37(52)48-34-24-25(2)49(41(34)56)27(4)35(50)36(44)51/h14-21,25-27,32-34H,5-13,22-24,42-43H2,1-4H3,(H2,44,51)(H,45,54)(H,46,53)(H,47,55)(H,48,52)/t25?,26-,27-,32-,33-,34-/m0/s1. The number of ketones is 1. The fourth-order valence-corrected chi connectivity index (χ4v) is 6.75. The number of carbonyl (C=O) groups is 7. The number of hydrogen-bond acceptors (Lipinski definition) is 9. The number of primary amides is 1. The van der Waals surface area contributed by atoms with Gasteiger partial charge in [-0.05, 0) is 120 Å². The number of Topliss-reactive ketones (excluding diaryl/α,β-unsaturated/α-hetero) is 1. The van der Waals surface area contributed by atoms with Gasteiger partial charge in [0.2, 0.25) is 29.4 Å². The summed E-state index contributed by atoms with van der Waals surface area (Å²) in [6.07, 6.45) is 6.22. The molecule has 306 valence electrons. The molecule has 6 atom stereocenters. The predicted octanol–water partition coefficient (Wildman–Crippen LogP) is 1.59. The molecule has 1 saturated heterocycles. The Bertz CT molecular complexity index is 1670. The first-order valence-corrected chi connectivity index (χ1v) is 19.7. The second kappa shape index (κ2) is 22.4. The van der Waals surface area contributed by atoms with E-state index < -0.39 is 77.5 Å². The van der Waals surface area contributed by atoms with E-state index in [9.17, 15) is 33.6 Å². The van der Waals surface area contributed by atoms with Crippen molar-refractivity contribution < 1.29 is 33.6 Å². The van der Waals surface area contributed by atoms with E-state index >= 15 is 0 Å². The van der Waals surface area contributed by atoms with Crippen LogP contribution in [0.5, 0.6) is 0 Å². The van der Waals surface area contributed by atoms with Crippen LogP contribution in [0.15, 0.2) is 48.5 Å². The highest BCUT2D eigenvalue weighted by Crippen LogP contribution is 2.23. The van der Waals surface area contributed by atoms with Gasteiger partial charge in [0.15, 0.2) is 0 Å². The SMILES string of the molecule is CCCCc1ccc(-c2ccc(C(=O)N[C@@H](CCCCN)C(=O)N[C@@H](CCCCN)C(=O)N[C@@H](C)C(=O)N[C@H]3CC(C)N([C@@H](C)C(=O)C(N)=O)C3=O)cc2)cc1. The summed E-state index contributed by atoms with van der Waals surface area (Å²) in [6.45, 7) is 7.46. The number of amides is 6. The molecule has 6 amide bonds. The number of carbonyl (C=O) groups excluding carboxylic acids is 7. The molecule has 1 aliphatic rings. The molecule has 0 bridgehead atoms. The lowest BCUT2D eigenvalue weighted by Gasteiger charge is -2.27. The number of hydrogen-bond donors (Lipinski definition) is 7. The zero-order valence-electron chi connectivity index (χ0n) is 33.1. The van der Waals surface area contributed by atoms with Crippen molar-refractivity contribution in [2.75, 3.05) is 13.1 Å². The van der Waals surface area contributed by atoms with Gasteiger partial charge in [-0.1, -0.05) is 49.7 Å². The van der Waals surface area contributed by atoms with Gasteiger partial charge in [-0.2, -0.15) is 0 Å². The van der Waals surface area contributed by atoms with E-state index in [1.807, 2.05) is 12.1 Å². The Kier molecular flexibility index (Phi) is 18.1. The number of nitrogens with two attached hydrogens (primary N) is 3. The summed E-state index contributed by atoms with van der Waals surface area (Å²) in [5.74, 6) is -4.94. The monoisotopic (exact) mass is 776 g/mol. The van der Waals surface area contributed by atoms with Crippen LogP contribution in [0.25, 0.3) is 11.1 Å². The molecule has 0 aromatic heterocycles. The van der Waals surface area contributed by atoms with Crippen molar-refractivity contribution in [3.63, 3.8) is 0 Å². The summed E-state index contributed by atoms with van der Waals surface area (Å²) < 4.78 is 0. The van der Waals surface area contributed by atoms with Crippen LogP contribution in [-0.2, 0) is 35.2 Å². The molecule has 2 aromatic rings. The predicted molar refractivity (Wildman–Crippen MR) is 214 cm³/mol. The van der Waals surface area contributed by atoms with Crippen molar-refractivity contribution in [3.8, 4) is 11.1 Å². The van der Waals surface area contributed by atoms with E-state index in [1.54, 1.807) is 19.1 Å². The Morgan fingerprint density at radius 2 is 1.29 bits per heavy atom. The van der Waals surface area contributed by atoms with Crippen LogP contribution in [0.4, 0.5) is 0 Å². The van der Waals surface area contributed by atoms with Crippen molar-refractivity contribution in [1.82, 2.24) is 26.2 Å². The van der Waals surface area contributed by atoms with Crippen LogP contribution in [0, 0.1) is 0 Å². The summed E-state index contributed by atoms with van der Waals surface area (Å²) in [5, 5.41) is 10.9. The minimum atomic E-state index is -1.16. The molecule has 15 heteroatoms. The van der Waals surface area contributed by atoms with Crippen LogP contribution in [0.2, 0.25) is 0 Å². The summed E-state index contributed by atoms with van der Waals surface area (Å²) in [7, 11) is 0. The third-order valence-corrected chi connectivity index (χ3v) is 10.1. The molecule has 10 N–H and O–H groups in total. The van der Waals surface area contributed by atoms with Crippen LogP contribution >= 0.6 is 0 Å². The maximum absolute atomic E-state index is 13.7. The number of likely N-dealkylation sites (tertiary alicyclic amines) is 1. The Labute approximate surface area is 329 Å². The third kappa shape index (κ3) is 13.0. The average Bonchev–Trinajstić information content (AvgIpc) is 3.46. The normalized spacial score (nSPS) is 17.3. The van der Waals surface area contributed by atoms with Crippen molar-refractivity contribution in [2.24, 2.45) is 17.2 Å². The molecule has 1 unspecified atom stereocenters. The average molecular weight is 777 g/mol. The number of aryl methyl sites for hydroxylation is 1. The van der Waals surface area contributed by atoms with Gasteiger partial charge in [0.1, 0.15) is 24.2 Å². The molecule has 1 heterocycles. The summed E-state index contributed by atoms with van der Waals surface area (Å²) in [5.41, 5.74) is 20.1. The molecule has 0 spiro atoms. The van der Waals surface area contributed by atoms with Crippen LogP contribution in [-0.4, -0.2) is 95.5 Å². The van der Waals surface area contributed by atoms with Crippen molar-refractivity contribution in [2.45, 2.75) is 128 Å². The van der Waals surface area contributed by atoms with Gasteiger partial charge in [0.05, 0.1) is 6.04 Å². The number of benzene rings is 2. The zero-order chi connectivity index (χ0) is 41.4. The Hall–Kier alpha value is -5.15. The summed E-state index contributed by atoms with van der Waals surface area (Å²) >= 11 is 0. The molecule has 0 radical (unpaired) electrons. The maximum atomic E-state index is 13.7. The Balaban J connectivity index is 1.67. The largest absolute Gasteiger partial charge is 0.363 e. The smallest absolute Gasteiger partial charge is 0.287 e. The lowest BCUT2D eigenvalue weighted by molar-refractivity contribution is -0.144. The number of unbranched alkanes of at least 4 members (excludes halogenated alkanes) is 3. The second-order valence-corrected chi connectivity index (χ2v) is 14.6. The quantitative estimate of drug-likeness (QED) is 0.0639. The zero-order valence-corrected chi connectivity index (χ0v) is 33.1. The summed E-state index contributed by atoms with van der Waals surface area (Å²) in [4.78, 5) is 91.8. The van der Waals surface area contributed by atoms with Gasteiger partial charge >= 0.3 is 0 Å². The van der Waals surface area contributed by atoms with Gasteiger partial charge in [0.25, 0.3) is 11.8 Å². The van der Waals surface area contributed by atoms with Crippen molar-refractivity contribution in [1.29, 1.82) is 0 Å². The first-order valence-electron chi connectivity index (χ1n) is 19.7. The highest BCUT2D eigenvalue weighted by atomic mass is 16.2. The highest BCUT2D eigenvalue weighted by molar-refractivity contribution is 6.37. The second-order valence-electron chi connectivity index (χ2n) is 14.6. The molecule has 15 nitrogen and oxygen atoms in total. The van der Waals surface area contributed by atoms with E-state index in [2.05, 4.69) is 52.5 Å². The molecule has 1 aliphatic heterocycles. The van der Waals surface area contributed by atoms with Gasteiger partial charge in [0, 0.05) is 11.6 Å². The minimum absolute atomic E-state index is 0.174. The van der Waals surface area contributed by atoms with Gasteiger partial charge in [-0.15, -0.1) is 0 Å². The van der Waals surface area contributed by atoms with E-state index in [0.29, 0.717) is 44.3 Å². The molecular weight excluding hydrogens is 716 g/mol. The third-order valence-electron chi connectivity index (χ3n) is 10.1. The highest BCUT2D eigenvalue weighted by Gasteiger charge is 2.43. The van der Waals surface area contributed by atoms with Crippen LogP contribution in [0.1, 0.15) is 101 Å². The first kappa shape index (κ1) is 45.2. The first-order chi connectivity index (χ1) is 26.7. The molecule has 56 heavy (non-hydrogen) atoms. The maximum Gasteiger partial charge on any atom is 0.287 e. The minimum Gasteiger partial charge on any atom is -0.363 e. The Morgan fingerprint density at radius 3 is 1.82 bits per heavy atom. The fourth-order valence-electron chi connectivity index (χ4n) is 6.75. The lowest BCUT2D eigenvalue weighted by atomic mass is 10.0. The van der Waals surface area contributed by atoms with E-state index in [-0.39, 0.29) is 19.3 Å². The van der Waals surface area contributed by atoms with Crippen molar-refractivity contribution in [3.05, 3.63) is 59.7 Å². The topological polar surface area (TPSA) is 249 Å². The fraction of sp³-hybridized carbons (Fsp3) is 0.537. The molecular formula is C41H60N8O7. The molecule has 3 rings (SSSR count). The summed E-state index contributed by atoms with van der Waals surface area (Å²) in [6, 6.07) is 9.80. The van der Waals surface area contributed by atoms with Crippen LogP contribution < -0.4 is 38.5 Å². The number of nitrogens with zero attached hydrogens (tertiary/aromatic N) is 1.